The smallest absolute Gasteiger partial charge is 0.417 e. The van der Waals surface area contributed by atoms with Gasteiger partial charge in [0.05, 0.1) is 10.9 Å². The second kappa shape index (κ2) is 4.66. The summed E-state index contributed by atoms with van der Waals surface area (Å²) in [5, 5.41) is 13.9. The number of hydrogen-bond donors (Lipinski definition) is 2. The van der Waals surface area contributed by atoms with Crippen molar-refractivity contribution in [2.75, 3.05) is 6.54 Å². The van der Waals surface area contributed by atoms with Crippen LogP contribution in [0.1, 0.15) is 36.7 Å². The maximum atomic E-state index is 13.3. The van der Waals surface area contributed by atoms with Gasteiger partial charge in [0.25, 0.3) is 0 Å². The summed E-state index contributed by atoms with van der Waals surface area (Å²) in [5.41, 5.74) is 0.610. The third-order valence-electron chi connectivity index (χ3n) is 4.15. The molecule has 1 aromatic carbocycles. The van der Waals surface area contributed by atoms with Gasteiger partial charge in [-0.15, -0.1) is 0 Å². The molecule has 0 aliphatic carbocycles. The molecule has 1 aliphatic heterocycles. The molecule has 0 amide bonds. The molecule has 2 aromatic rings. The van der Waals surface area contributed by atoms with Gasteiger partial charge in [0.1, 0.15) is 0 Å². The third kappa shape index (κ3) is 2.09. The van der Waals surface area contributed by atoms with Gasteiger partial charge in [0.2, 0.25) is 0 Å². The minimum absolute atomic E-state index is 0.0785. The lowest BCUT2D eigenvalue weighted by atomic mass is 9.99. The van der Waals surface area contributed by atoms with Crippen LogP contribution in [0, 0.1) is 0 Å². The molecule has 0 unspecified atom stereocenters. The molecular weight excluding hydrogens is 281 g/mol. The zero-order valence-corrected chi connectivity index (χ0v) is 11.9. The molecule has 0 saturated heterocycles. The number of benzene rings is 1. The highest BCUT2D eigenvalue weighted by Gasteiger charge is 2.37. The number of nitrogens with one attached hydrogen (secondary N) is 1. The Morgan fingerprint density at radius 3 is 2.71 bits per heavy atom. The molecule has 2 heterocycles. The average Bonchev–Trinajstić information content (AvgIpc) is 2.71. The van der Waals surface area contributed by atoms with Gasteiger partial charge in [0.15, 0.2) is 5.88 Å². The van der Waals surface area contributed by atoms with Crippen molar-refractivity contribution >= 4 is 10.8 Å². The zero-order valence-electron chi connectivity index (χ0n) is 11.9. The number of rotatable bonds is 1. The average molecular weight is 298 g/mol. The fourth-order valence-electron chi connectivity index (χ4n) is 3.15. The van der Waals surface area contributed by atoms with Crippen molar-refractivity contribution in [3.8, 4) is 5.88 Å². The summed E-state index contributed by atoms with van der Waals surface area (Å²) < 4.78 is 41.6. The molecule has 2 N–H and O–H groups in total. The number of aryl methyl sites for hydroxylation is 1. The minimum Gasteiger partial charge on any atom is -0.494 e. The van der Waals surface area contributed by atoms with Crippen LogP contribution in [0.15, 0.2) is 12.1 Å². The number of fused-ring (bicyclic) bond motifs is 3. The molecule has 21 heavy (non-hydrogen) atoms. The Hall–Kier alpha value is -1.69. The molecular formula is C15H17F3N2O. The van der Waals surface area contributed by atoms with E-state index in [0.717, 1.165) is 11.8 Å². The monoisotopic (exact) mass is 298 g/mol. The molecule has 0 saturated carbocycles. The lowest BCUT2D eigenvalue weighted by Crippen LogP contribution is -2.31. The lowest BCUT2D eigenvalue weighted by Gasteiger charge is -2.23. The lowest BCUT2D eigenvalue weighted by molar-refractivity contribution is -0.136. The molecule has 6 heteroatoms. The van der Waals surface area contributed by atoms with Crippen molar-refractivity contribution < 1.29 is 18.3 Å². The Labute approximate surface area is 120 Å². The van der Waals surface area contributed by atoms with E-state index in [0.29, 0.717) is 30.5 Å². The molecule has 1 aromatic heterocycles. The predicted molar refractivity (Wildman–Crippen MR) is 74.4 cm³/mol. The van der Waals surface area contributed by atoms with Crippen LogP contribution in [-0.4, -0.2) is 16.2 Å². The van der Waals surface area contributed by atoms with Crippen molar-refractivity contribution in [3.05, 3.63) is 29.0 Å². The first kappa shape index (κ1) is 14.3. The molecule has 1 atom stereocenters. The summed E-state index contributed by atoms with van der Waals surface area (Å²) in [4.78, 5) is 0. The van der Waals surface area contributed by atoms with Crippen LogP contribution in [-0.2, 0) is 19.1 Å². The molecule has 3 rings (SSSR count). The molecule has 3 nitrogen and oxygen atoms in total. The van der Waals surface area contributed by atoms with Crippen LogP contribution in [0.5, 0.6) is 5.88 Å². The summed E-state index contributed by atoms with van der Waals surface area (Å²) in [6.07, 6.45) is -3.96. The maximum absolute atomic E-state index is 13.3. The van der Waals surface area contributed by atoms with Crippen molar-refractivity contribution in [3.63, 3.8) is 0 Å². The van der Waals surface area contributed by atoms with Crippen molar-refractivity contribution in [2.45, 2.75) is 39.0 Å². The topological polar surface area (TPSA) is 37.2 Å². The van der Waals surface area contributed by atoms with Gasteiger partial charge >= 0.3 is 6.18 Å². The van der Waals surface area contributed by atoms with E-state index in [-0.39, 0.29) is 17.3 Å². The third-order valence-corrected chi connectivity index (χ3v) is 4.15. The first-order valence-corrected chi connectivity index (χ1v) is 7.03. The van der Waals surface area contributed by atoms with Crippen molar-refractivity contribution in [2.24, 2.45) is 0 Å². The number of aromatic hydroxyl groups is 1. The van der Waals surface area contributed by atoms with E-state index in [9.17, 15) is 18.3 Å². The van der Waals surface area contributed by atoms with E-state index in [1.165, 1.54) is 0 Å². The van der Waals surface area contributed by atoms with Crippen molar-refractivity contribution in [1.29, 1.82) is 0 Å². The minimum atomic E-state index is -4.48. The van der Waals surface area contributed by atoms with E-state index >= 15 is 0 Å². The van der Waals surface area contributed by atoms with Gasteiger partial charge in [-0.05, 0) is 31.0 Å². The number of aromatic nitrogens is 1. The standard InChI is InChI=1S/C15H17F3N2O/c1-3-9-6-10-12(11(7-9)15(16,17)18)14(21)20-5-4-19-8(2)13(10)20/h6-8,19,21H,3-5H2,1-2H3/t8-/m0/s1. The Morgan fingerprint density at radius 2 is 2.10 bits per heavy atom. The molecule has 114 valence electrons. The number of hydrogen-bond acceptors (Lipinski definition) is 2. The van der Waals surface area contributed by atoms with Crippen molar-refractivity contribution in [1.82, 2.24) is 9.88 Å². The largest absolute Gasteiger partial charge is 0.494 e. The van der Waals surface area contributed by atoms with Crippen LogP contribution in [0.3, 0.4) is 0 Å². The van der Waals surface area contributed by atoms with Gasteiger partial charge in [-0.25, -0.2) is 0 Å². The molecule has 1 aliphatic rings. The van der Waals surface area contributed by atoms with Crippen LogP contribution in [0.2, 0.25) is 0 Å². The van der Waals surface area contributed by atoms with Gasteiger partial charge in [0, 0.05) is 30.2 Å². The first-order chi connectivity index (χ1) is 9.84. The van der Waals surface area contributed by atoms with E-state index in [2.05, 4.69) is 5.32 Å². The highest BCUT2D eigenvalue weighted by atomic mass is 19.4. The predicted octanol–water partition coefficient (Wildman–Crippen LogP) is 3.59. The van der Waals surface area contributed by atoms with E-state index < -0.39 is 11.7 Å². The fourth-order valence-corrected chi connectivity index (χ4v) is 3.15. The Bertz CT molecular complexity index is 703. The quantitative estimate of drug-likeness (QED) is 0.844. The zero-order chi connectivity index (χ0) is 15.4. The van der Waals surface area contributed by atoms with Gasteiger partial charge in [-0.1, -0.05) is 6.92 Å². The fraction of sp³-hybridized carbons (Fsp3) is 0.467. The summed E-state index contributed by atoms with van der Waals surface area (Å²) in [5.74, 6) is -0.275. The molecule has 0 radical (unpaired) electrons. The van der Waals surface area contributed by atoms with Gasteiger partial charge in [-0.3, -0.25) is 0 Å². The van der Waals surface area contributed by atoms with Crippen LogP contribution in [0.25, 0.3) is 10.8 Å². The number of halogens is 3. The Balaban J connectivity index is 2.43. The summed E-state index contributed by atoms with van der Waals surface area (Å²) >= 11 is 0. The van der Waals surface area contributed by atoms with Crippen LogP contribution < -0.4 is 5.32 Å². The van der Waals surface area contributed by atoms with Crippen LogP contribution in [0.4, 0.5) is 13.2 Å². The maximum Gasteiger partial charge on any atom is 0.417 e. The normalized spacial score (nSPS) is 19.0. The van der Waals surface area contributed by atoms with E-state index in [1.54, 1.807) is 10.6 Å². The van der Waals surface area contributed by atoms with Gasteiger partial charge < -0.3 is 15.0 Å². The molecule has 0 spiro atoms. The second-order valence-corrected chi connectivity index (χ2v) is 5.45. The highest BCUT2D eigenvalue weighted by molar-refractivity contribution is 5.95. The SMILES string of the molecule is CCc1cc(C(F)(F)F)c2c(O)n3c(c2c1)[C@H](C)NCC3. The first-order valence-electron chi connectivity index (χ1n) is 7.03. The molecule has 0 bridgehead atoms. The van der Waals surface area contributed by atoms with Crippen LogP contribution >= 0.6 is 0 Å². The Kier molecular flexibility index (Phi) is 3.16. The Morgan fingerprint density at radius 1 is 1.38 bits per heavy atom. The highest BCUT2D eigenvalue weighted by Crippen LogP contribution is 2.44. The molecule has 0 fully saturated rings. The number of nitrogens with zero attached hydrogens (tertiary/aromatic N) is 1. The summed E-state index contributed by atoms with van der Waals surface area (Å²) in [7, 11) is 0. The van der Waals surface area contributed by atoms with E-state index in [1.807, 2.05) is 13.8 Å². The summed E-state index contributed by atoms with van der Waals surface area (Å²) in [6, 6.07) is 2.82. The van der Waals surface area contributed by atoms with Gasteiger partial charge in [-0.2, -0.15) is 13.2 Å². The summed E-state index contributed by atoms with van der Waals surface area (Å²) in [6.45, 7) is 4.82. The second-order valence-electron chi connectivity index (χ2n) is 5.45. The van der Waals surface area contributed by atoms with E-state index in [4.69, 9.17) is 0 Å². The number of alkyl halides is 3.